The van der Waals surface area contributed by atoms with E-state index in [-0.39, 0.29) is 0 Å². The summed E-state index contributed by atoms with van der Waals surface area (Å²) in [5, 5.41) is 3.16. The van der Waals surface area contributed by atoms with Gasteiger partial charge in [-0.15, -0.1) is 0 Å². The van der Waals surface area contributed by atoms with Gasteiger partial charge in [-0.25, -0.2) is 0 Å². The van der Waals surface area contributed by atoms with Crippen molar-refractivity contribution in [2.75, 3.05) is 17.6 Å². The van der Waals surface area contributed by atoms with Gasteiger partial charge in [-0.3, -0.25) is 0 Å². The molecular weight excluding hydrogens is 202 g/mol. The predicted octanol–water partition coefficient (Wildman–Crippen LogP) is 2.87. The highest BCUT2D eigenvalue weighted by Gasteiger charge is 2.07. The Balaban J connectivity index is 2.11. The molecule has 0 radical (unpaired) electrons. The van der Waals surface area contributed by atoms with Gasteiger partial charge in [0, 0.05) is 6.54 Å². The number of fused-ring (bicyclic) bond motifs is 1. The molecule has 2 rings (SSSR count). The van der Waals surface area contributed by atoms with Gasteiger partial charge in [0.1, 0.15) is 5.52 Å². The van der Waals surface area contributed by atoms with Crippen molar-refractivity contribution in [2.45, 2.75) is 20.3 Å². The number of para-hydroxylation sites is 1. The van der Waals surface area contributed by atoms with Crippen molar-refractivity contribution in [1.82, 2.24) is 4.98 Å². The van der Waals surface area contributed by atoms with Crippen LogP contribution >= 0.6 is 0 Å². The summed E-state index contributed by atoms with van der Waals surface area (Å²) >= 11 is 0. The van der Waals surface area contributed by atoms with Crippen LogP contribution in [0.5, 0.6) is 0 Å². The molecule has 0 aliphatic carbocycles. The Kier molecular flexibility index (Phi) is 2.99. The highest BCUT2D eigenvalue weighted by atomic mass is 16.4. The lowest BCUT2D eigenvalue weighted by Crippen LogP contribution is -2.04. The SMILES string of the molecule is CC(C)CCNc1nc2c(N)cccc2o1. The van der Waals surface area contributed by atoms with Crippen LogP contribution in [-0.2, 0) is 0 Å². The number of hydrogen-bond donors (Lipinski definition) is 2. The molecule has 0 bridgehead atoms. The fraction of sp³-hybridized carbons (Fsp3) is 0.417. The van der Waals surface area contributed by atoms with E-state index in [4.69, 9.17) is 10.2 Å². The van der Waals surface area contributed by atoms with E-state index >= 15 is 0 Å². The molecule has 1 aromatic heterocycles. The van der Waals surface area contributed by atoms with E-state index < -0.39 is 0 Å². The van der Waals surface area contributed by atoms with Crippen LogP contribution in [0.1, 0.15) is 20.3 Å². The molecule has 0 atom stereocenters. The van der Waals surface area contributed by atoms with Crippen LogP contribution in [-0.4, -0.2) is 11.5 Å². The molecule has 1 aromatic carbocycles. The van der Waals surface area contributed by atoms with Crippen molar-refractivity contribution in [3.05, 3.63) is 18.2 Å². The normalized spacial score (nSPS) is 11.2. The first kappa shape index (κ1) is 10.8. The first-order valence-corrected chi connectivity index (χ1v) is 5.55. The third kappa shape index (κ3) is 2.27. The van der Waals surface area contributed by atoms with Crippen LogP contribution in [0.4, 0.5) is 11.7 Å². The Hall–Kier alpha value is -1.71. The summed E-state index contributed by atoms with van der Waals surface area (Å²) in [5.74, 6) is 0.668. The standard InChI is InChI=1S/C12H17N3O/c1-8(2)6-7-14-12-15-11-9(13)4-3-5-10(11)16-12/h3-5,8H,6-7,13H2,1-2H3,(H,14,15). The maximum absolute atomic E-state index is 5.80. The minimum Gasteiger partial charge on any atom is -0.423 e. The van der Waals surface area contributed by atoms with E-state index in [1.54, 1.807) is 0 Å². The number of rotatable bonds is 4. The van der Waals surface area contributed by atoms with Crippen LogP contribution in [0.25, 0.3) is 11.1 Å². The Morgan fingerprint density at radius 3 is 2.94 bits per heavy atom. The van der Waals surface area contributed by atoms with E-state index in [0.29, 0.717) is 17.6 Å². The minimum absolute atomic E-state index is 0.550. The number of hydrogen-bond acceptors (Lipinski definition) is 4. The zero-order valence-corrected chi connectivity index (χ0v) is 9.66. The van der Waals surface area contributed by atoms with Crippen LogP contribution in [0, 0.1) is 5.92 Å². The summed E-state index contributed by atoms with van der Waals surface area (Å²) in [4.78, 5) is 4.31. The number of nitrogens with two attached hydrogens (primary N) is 1. The smallest absolute Gasteiger partial charge is 0.295 e. The Morgan fingerprint density at radius 1 is 1.44 bits per heavy atom. The molecule has 0 saturated heterocycles. The fourth-order valence-electron chi connectivity index (χ4n) is 1.51. The topological polar surface area (TPSA) is 64.1 Å². The van der Waals surface area contributed by atoms with Crippen molar-refractivity contribution in [1.29, 1.82) is 0 Å². The maximum Gasteiger partial charge on any atom is 0.295 e. The second-order valence-electron chi connectivity index (χ2n) is 4.32. The second-order valence-corrected chi connectivity index (χ2v) is 4.32. The maximum atomic E-state index is 5.80. The molecule has 0 spiro atoms. The summed E-state index contributed by atoms with van der Waals surface area (Å²) < 4.78 is 5.53. The summed E-state index contributed by atoms with van der Waals surface area (Å²) in [7, 11) is 0. The first-order chi connectivity index (χ1) is 7.66. The number of nitrogen functional groups attached to an aromatic ring is 1. The average Bonchev–Trinajstić information content (AvgIpc) is 2.61. The van der Waals surface area contributed by atoms with Crippen molar-refractivity contribution in [3.63, 3.8) is 0 Å². The number of aromatic nitrogens is 1. The molecule has 0 aliphatic heterocycles. The second kappa shape index (κ2) is 4.43. The van der Waals surface area contributed by atoms with Gasteiger partial charge in [0.25, 0.3) is 6.01 Å². The van der Waals surface area contributed by atoms with Crippen molar-refractivity contribution in [3.8, 4) is 0 Å². The Morgan fingerprint density at radius 2 is 2.25 bits per heavy atom. The van der Waals surface area contributed by atoms with Crippen LogP contribution in [0.3, 0.4) is 0 Å². The monoisotopic (exact) mass is 219 g/mol. The van der Waals surface area contributed by atoms with Gasteiger partial charge >= 0.3 is 0 Å². The van der Waals surface area contributed by atoms with Crippen molar-refractivity contribution in [2.24, 2.45) is 5.92 Å². The van der Waals surface area contributed by atoms with Crippen LogP contribution < -0.4 is 11.1 Å². The molecule has 86 valence electrons. The van der Waals surface area contributed by atoms with Gasteiger partial charge in [-0.2, -0.15) is 4.98 Å². The molecule has 0 fully saturated rings. The van der Waals surface area contributed by atoms with Gasteiger partial charge in [-0.05, 0) is 24.5 Å². The lowest BCUT2D eigenvalue weighted by Gasteiger charge is -2.03. The van der Waals surface area contributed by atoms with E-state index in [2.05, 4.69) is 24.1 Å². The van der Waals surface area contributed by atoms with Gasteiger partial charge in [0.05, 0.1) is 5.69 Å². The Bertz CT molecular complexity index is 476. The molecule has 0 unspecified atom stereocenters. The van der Waals surface area contributed by atoms with E-state index in [1.807, 2.05) is 18.2 Å². The number of benzene rings is 1. The summed E-state index contributed by atoms with van der Waals surface area (Å²) in [6, 6.07) is 6.10. The van der Waals surface area contributed by atoms with Gasteiger partial charge < -0.3 is 15.5 Å². The molecule has 1 heterocycles. The zero-order valence-electron chi connectivity index (χ0n) is 9.66. The summed E-state index contributed by atoms with van der Waals surface area (Å²) in [6.45, 7) is 5.24. The van der Waals surface area contributed by atoms with Gasteiger partial charge in [0.15, 0.2) is 5.58 Å². The van der Waals surface area contributed by atoms with E-state index in [9.17, 15) is 0 Å². The minimum atomic E-state index is 0.550. The van der Waals surface area contributed by atoms with Crippen molar-refractivity contribution >= 4 is 22.8 Å². The van der Waals surface area contributed by atoms with Gasteiger partial charge in [-0.1, -0.05) is 19.9 Å². The molecule has 4 heteroatoms. The lowest BCUT2D eigenvalue weighted by atomic mass is 10.1. The van der Waals surface area contributed by atoms with Crippen molar-refractivity contribution < 1.29 is 4.42 Å². The molecule has 0 aliphatic rings. The molecule has 16 heavy (non-hydrogen) atoms. The summed E-state index contributed by atoms with van der Waals surface area (Å²) in [6.07, 6.45) is 1.09. The Labute approximate surface area is 94.8 Å². The fourth-order valence-corrected chi connectivity index (χ4v) is 1.51. The summed E-state index contributed by atoms with van der Waals surface area (Å²) in [5.41, 5.74) is 7.91. The van der Waals surface area contributed by atoms with Gasteiger partial charge in [0.2, 0.25) is 0 Å². The van der Waals surface area contributed by atoms with E-state index in [1.165, 1.54) is 0 Å². The molecule has 2 aromatic rings. The van der Waals surface area contributed by atoms with Crippen LogP contribution in [0.15, 0.2) is 22.6 Å². The highest BCUT2D eigenvalue weighted by Crippen LogP contribution is 2.23. The molecule has 0 saturated carbocycles. The number of nitrogens with zero attached hydrogens (tertiary/aromatic N) is 1. The largest absolute Gasteiger partial charge is 0.423 e. The molecular formula is C12H17N3O. The zero-order chi connectivity index (χ0) is 11.5. The van der Waals surface area contributed by atoms with E-state index in [0.717, 1.165) is 24.1 Å². The predicted molar refractivity (Wildman–Crippen MR) is 66.4 cm³/mol. The number of oxazole rings is 1. The van der Waals surface area contributed by atoms with Crippen LogP contribution in [0.2, 0.25) is 0 Å². The number of nitrogens with one attached hydrogen (secondary N) is 1. The highest BCUT2D eigenvalue weighted by molar-refractivity contribution is 5.86. The quantitative estimate of drug-likeness (QED) is 0.776. The third-order valence-electron chi connectivity index (χ3n) is 2.45. The number of anilines is 2. The molecule has 3 N–H and O–H groups in total. The first-order valence-electron chi connectivity index (χ1n) is 5.55. The molecule has 0 amide bonds. The average molecular weight is 219 g/mol. The lowest BCUT2D eigenvalue weighted by molar-refractivity contribution is 0.580. The molecule has 4 nitrogen and oxygen atoms in total. The third-order valence-corrected chi connectivity index (χ3v) is 2.45.